The Morgan fingerprint density at radius 2 is 1.57 bits per heavy atom. The molecule has 3 aromatic rings. The summed E-state index contributed by atoms with van der Waals surface area (Å²) in [4.78, 5) is 24.1. The van der Waals surface area contributed by atoms with Crippen LogP contribution in [0.4, 0.5) is 4.39 Å². The van der Waals surface area contributed by atoms with Crippen LogP contribution >= 0.6 is 11.6 Å². The fraction of sp³-hybridized carbons (Fsp3) is 0.0476. The Labute approximate surface area is 166 Å². The molecule has 5 nitrogen and oxygen atoms in total. The molecule has 0 fully saturated rings. The topological polar surface area (TPSA) is 67.4 Å². The van der Waals surface area contributed by atoms with Crippen molar-refractivity contribution in [2.75, 3.05) is 0 Å². The van der Waals surface area contributed by atoms with Gasteiger partial charge in [-0.25, -0.2) is 4.39 Å². The third-order valence-corrected chi connectivity index (χ3v) is 4.06. The molecule has 0 atom stereocenters. The Hall–Kier alpha value is -3.38. The van der Waals surface area contributed by atoms with Crippen LogP contribution in [0, 0.1) is 5.82 Å². The van der Waals surface area contributed by atoms with E-state index in [9.17, 15) is 14.0 Å². The highest BCUT2D eigenvalue weighted by atomic mass is 35.5. The van der Waals surface area contributed by atoms with Gasteiger partial charge in [-0.15, -0.1) is 0 Å². The van der Waals surface area contributed by atoms with E-state index in [1.54, 1.807) is 24.3 Å². The summed E-state index contributed by atoms with van der Waals surface area (Å²) in [6.45, 7) is 0.358. The second-order valence-electron chi connectivity index (χ2n) is 5.83. The SMILES string of the molecule is O=C(NNC(=O)c1cc(Cl)ccc1F)c1ccc(COc2ccccc2)cc1. The summed E-state index contributed by atoms with van der Waals surface area (Å²) in [6, 6.07) is 19.7. The first-order chi connectivity index (χ1) is 13.5. The number of rotatable bonds is 5. The van der Waals surface area contributed by atoms with Crippen LogP contribution in [0.1, 0.15) is 26.3 Å². The van der Waals surface area contributed by atoms with E-state index in [-0.39, 0.29) is 10.6 Å². The van der Waals surface area contributed by atoms with E-state index in [0.717, 1.165) is 17.4 Å². The van der Waals surface area contributed by atoms with Gasteiger partial charge in [-0.2, -0.15) is 0 Å². The molecule has 0 radical (unpaired) electrons. The number of hydrogen-bond donors (Lipinski definition) is 2. The van der Waals surface area contributed by atoms with Crippen LogP contribution in [0.5, 0.6) is 5.75 Å². The van der Waals surface area contributed by atoms with E-state index in [1.165, 1.54) is 12.1 Å². The number of hydrogen-bond acceptors (Lipinski definition) is 3. The molecule has 2 N–H and O–H groups in total. The highest BCUT2D eigenvalue weighted by Gasteiger charge is 2.13. The Morgan fingerprint density at radius 1 is 0.893 bits per heavy atom. The van der Waals surface area contributed by atoms with Crippen molar-refractivity contribution in [2.24, 2.45) is 0 Å². The smallest absolute Gasteiger partial charge is 0.272 e. The Balaban J connectivity index is 1.54. The minimum Gasteiger partial charge on any atom is -0.489 e. The van der Waals surface area contributed by atoms with Crippen molar-refractivity contribution in [2.45, 2.75) is 6.61 Å². The molecule has 3 aromatic carbocycles. The summed E-state index contributed by atoms with van der Waals surface area (Å²) in [5.74, 6) is -1.33. The van der Waals surface area contributed by atoms with Gasteiger partial charge in [0.05, 0.1) is 5.56 Å². The van der Waals surface area contributed by atoms with Crippen molar-refractivity contribution >= 4 is 23.4 Å². The summed E-state index contributed by atoms with van der Waals surface area (Å²) >= 11 is 5.75. The molecule has 2 amide bonds. The number of amides is 2. The summed E-state index contributed by atoms with van der Waals surface area (Å²) < 4.78 is 19.3. The van der Waals surface area contributed by atoms with Crippen molar-refractivity contribution in [1.29, 1.82) is 0 Å². The normalized spacial score (nSPS) is 10.2. The maximum Gasteiger partial charge on any atom is 0.272 e. The number of ether oxygens (including phenoxy) is 1. The van der Waals surface area contributed by atoms with Gasteiger partial charge in [-0.3, -0.25) is 20.4 Å². The first-order valence-electron chi connectivity index (χ1n) is 8.35. The Bertz CT molecular complexity index is 979. The zero-order valence-corrected chi connectivity index (χ0v) is 15.4. The summed E-state index contributed by atoms with van der Waals surface area (Å²) in [5, 5.41) is 0.214. The maximum atomic E-state index is 13.7. The maximum absolute atomic E-state index is 13.7. The summed E-state index contributed by atoms with van der Waals surface area (Å²) in [5.41, 5.74) is 5.35. The Kier molecular flexibility index (Phi) is 6.24. The lowest BCUT2D eigenvalue weighted by molar-refractivity contribution is 0.0844. The zero-order valence-electron chi connectivity index (χ0n) is 14.6. The van der Waals surface area contributed by atoms with Crippen LogP contribution in [0.3, 0.4) is 0 Å². The molecular formula is C21H16ClFN2O3. The van der Waals surface area contributed by atoms with Crippen LogP contribution < -0.4 is 15.6 Å². The molecule has 0 aliphatic carbocycles. The Morgan fingerprint density at radius 3 is 2.29 bits per heavy atom. The lowest BCUT2D eigenvalue weighted by atomic mass is 10.1. The minimum absolute atomic E-state index is 0.214. The highest BCUT2D eigenvalue weighted by molar-refractivity contribution is 6.31. The predicted molar refractivity (Wildman–Crippen MR) is 104 cm³/mol. The second-order valence-corrected chi connectivity index (χ2v) is 6.27. The molecule has 0 spiro atoms. The second kappa shape index (κ2) is 9.01. The van der Waals surface area contributed by atoms with Gasteiger partial charge in [-0.1, -0.05) is 41.9 Å². The van der Waals surface area contributed by atoms with Crippen molar-refractivity contribution < 1.29 is 18.7 Å². The van der Waals surface area contributed by atoms with Crippen LogP contribution in [0.2, 0.25) is 5.02 Å². The number of nitrogens with one attached hydrogen (secondary N) is 2. The molecule has 0 unspecified atom stereocenters. The van der Waals surface area contributed by atoms with Crippen LogP contribution in [-0.2, 0) is 6.61 Å². The van der Waals surface area contributed by atoms with Crippen LogP contribution in [0.15, 0.2) is 72.8 Å². The van der Waals surface area contributed by atoms with E-state index in [4.69, 9.17) is 16.3 Å². The molecule has 0 bridgehead atoms. The third kappa shape index (κ3) is 5.08. The fourth-order valence-corrected chi connectivity index (χ4v) is 2.53. The molecule has 0 saturated heterocycles. The molecule has 0 aliphatic rings. The first-order valence-corrected chi connectivity index (χ1v) is 8.73. The van der Waals surface area contributed by atoms with Crippen LogP contribution in [-0.4, -0.2) is 11.8 Å². The molecule has 3 rings (SSSR count). The monoisotopic (exact) mass is 398 g/mol. The average Bonchev–Trinajstić information content (AvgIpc) is 2.73. The molecule has 142 valence electrons. The number of benzene rings is 3. The number of hydrazine groups is 1. The summed E-state index contributed by atoms with van der Waals surface area (Å²) in [6.07, 6.45) is 0. The number of para-hydroxylation sites is 1. The molecule has 28 heavy (non-hydrogen) atoms. The van der Waals surface area contributed by atoms with E-state index in [1.807, 2.05) is 30.3 Å². The van der Waals surface area contributed by atoms with E-state index >= 15 is 0 Å². The number of halogens is 2. The summed E-state index contributed by atoms with van der Waals surface area (Å²) in [7, 11) is 0. The highest BCUT2D eigenvalue weighted by Crippen LogP contribution is 2.15. The number of carbonyl (C=O) groups excluding carboxylic acids is 2. The van der Waals surface area contributed by atoms with Gasteiger partial charge in [0.1, 0.15) is 18.2 Å². The zero-order chi connectivity index (χ0) is 19.9. The number of carbonyl (C=O) groups is 2. The van der Waals surface area contributed by atoms with E-state index < -0.39 is 17.6 Å². The predicted octanol–water partition coefficient (Wildman–Crippen LogP) is 4.13. The fourth-order valence-electron chi connectivity index (χ4n) is 2.36. The van der Waals surface area contributed by atoms with Gasteiger partial charge in [-0.05, 0) is 48.0 Å². The quantitative estimate of drug-likeness (QED) is 0.635. The standard InChI is InChI=1S/C21H16ClFN2O3/c22-16-10-11-19(23)18(12-16)21(27)25-24-20(26)15-8-6-14(7-9-15)13-28-17-4-2-1-3-5-17/h1-12H,13H2,(H,24,26)(H,25,27). The van der Waals surface area contributed by atoms with Crippen LogP contribution in [0.25, 0.3) is 0 Å². The van der Waals surface area contributed by atoms with Crippen molar-refractivity contribution in [3.05, 3.63) is 100 Å². The van der Waals surface area contributed by atoms with E-state index in [0.29, 0.717) is 12.2 Å². The van der Waals surface area contributed by atoms with Crippen molar-refractivity contribution in [1.82, 2.24) is 10.9 Å². The average molecular weight is 399 g/mol. The van der Waals surface area contributed by atoms with Gasteiger partial charge >= 0.3 is 0 Å². The van der Waals surface area contributed by atoms with Crippen molar-refractivity contribution in [3.63, 3.8) is 0 Å². The van der Waals surface area contributed by atoms with Gasteiger partial charge in [0.2, 0.25) is 0 Å². The lowest BCUT2D eigenvalue weighted by Crippen LogP contribution is -2.41. The van der Waals surface area contributed by atoms with E-state index in [2.05, 4.69) is 10.9 Å². The molecule has 0 saturated carbocycles. The largest absolute Gasteiger partial charge is 0.489 e. The minimum atomic E-state index is -0.804. The first kappa shape index (κ1) is 19.4. The van der Waals surface area contributed by atoms with Crippen molar-refractivity contribution in [3.8, 4) is 5.75 Å². The third-order valence-electron chi connectivity index (χ3n) is 3.83. The molecular weight excluding hydrogens is 383 g/mol. The molecule has 7 heteroatoms. The molecule has 0 aromatic heterocycles. The van der Waals surface area contributed by atoms with Gasteiger partial charge in [0.25, 0.3) is 11.8 Å². The van der Waals surface area contributed by atoms with Gasteiger partial charge < -0.3 is 4.74 Å². The van der Waals surface area contributed by atoms with Gasteiger partial charge in [0, 0.05) is 10.6 Å². The molecule has 0 heterocycles. The van der Waals surface area contributed by atoms with Gasteiger partial charge in [0.15, 0.2) is 0 Å². The molecule has 0 aliphatic heterocycles. The lowest BCUT2D eigenvalue weighted by Gasteiger charge is -2.09.